The summed E-state index contributed by atoms with van der Waals surface area (Å²) in [5.41, 5.74) is 2.87. The first-order valence-electron chi connectivity index (χ1n) is 13.5. The summed E-state index contributed by atoms with van der Waals surface area (Å²) in [5, 5.41) is 2.97. The highest BCUT2D eigenvalue weighted by molar-refractivity contribution is 7.90. The molecule has 8 nitrogen and oxygen atoms in total. The second-order valence-corrected chi connectivity index (χ2v) is 11.8. The Labute approximate surface area is 236 Å². The highest BCUT2D eigenvalue weighted by Gasteiger charge is 2.41. The average Bonchev–Trinajstić information content (AvgIpc) is 3.14. The van der Waals surface area contributed by atoms with E-state index < -0.39 is 27.9 Å². The van der Waals surface area contributed by atoms with Gasteiger partial charge in [-0.2, -0.15) is 0 Å². The maximum atomic E-state index is 13.9. The van der Waals surface area contributed by atoms with Gasteiger partial charge in [-0.1, -0.05) is 85.6 Å². The van der Waals surface area contributed by atoms with Gasteiger partial charge in [0.15, 0.2) is 0 Å². The summed E-state index contributed by atoms with van der Waals surface area (Å²) >= 11 is 0. The molecule has 0 spiro atoms. The number of sulfonamides is 1. The van der Waals surface area contributed by atoms with Gasteiger partial charge in [-0.15, -0.1) is 0 Å². The number of benzene rings is 3. The quantitative estimate of drug-likeness (QED) is 0.336. The van der Waals surface area contributed by atoms with Gasteiger partial charge in [0.05, 0.1) is 5.56 Å². The van der Waals surface area contributed by atoms with Crippen LogP contribution in [0.4, 0.5) is 0 Å². The lowest BCUT2D eigenvalue weighted by atomic mass is 10.0. The number of nitrogens with one attached hydrogen (secondary N) is 1. The number of unbranched alkanes of at least 4 members (excludes halogenated alkanes) is 1. The third-order valence-electron chi connectivity index (χ3n) is 6.98. The summed E-state index contributed by atoms with van der Waals surface area (Å²) in [5.74, 6) is -1.32. The predicted molar refractivity (Wildman–Crippen MR) is 153 cm³/mol. The molecule has 0 aromatic heterocycles. The zero-order chi connectivity index (χ0) is 28.7. The maximum absolute atomic E-state index is 13.9. The molecule has 9 heteroatoms. The van der Waals surface area contributed by atoms with Gasteiger partial charge in [0.25, 0.3) is 15.9 Å². The number of hydrogen-bond acceptors (Lipinski definition) is 5. The fourth-order valence-corrected chi connectivity index (χ4v) is 6.43. The summed E-state index contributed by atoms with van der Waals surface area (Å²) in [6.45, 7) is 4.34. The van der Waals surface area contributed by atoms with E-state index in [-0.39, 0.29) is 35.9 Å². The molecule has 1 N–H and O–H groups in total. The lowest BCUT2D eigenvalue weighted by Crippen LogP contribution is -2.51. The summed E-state index contributed by atoms with van der Waals surface area (Å²) in [6.07, 6.45) is 1.77. The van der Waals surface area contributed by atoms with Crippen LogP contribution >= 0.6 is 0 Å². The minimum absolute atomic E-state index is 0.0543. The molecule has 3 aromatic carbocycles. The number of hydrogen-bond donors (Lipinski definition) is 1. The highest BCUT2D eigenvalue weighted by Crippen LogP contribution is 2.30. The van der Waals surface area contributed by atoms with Crippen LogP contribution in [0.25, 0.3) is 0 Å². The molecule has 1 aliphatic heterocycles. The topological polar surface area (TPSA) is 104 Å². The summed E-state index contributed by atoms with van der Waals surface area (Å²) in [7, 11) is -4.05. The van der Waals surface area contributed by atoms with Crippen molar-refractivity contribution in [2.24, 2.45) is 0 Å². The molecule has 40 heavy (non-hydrogen) atoms. The van der Waals surface area contributed by atoms with Crippen molar-refractivity contribution >= 4 is 27.7 Å². The lowest BCUT2D eigenvalue weighted by Gasteiger charge is -2.32. The van der Waals surface area contributed by atoms with Crippen molar-refractivity contribution in [1.29, 1.82) is 0 Å². The van der Waals surface area contributed by atoms with Crippen LogP contribution in [0.2, 0.25) is 0 Å². The van der Waals surface area contributed by atoms with Crippen LogP contribution in [0.15, 0.2) is 83.8 Å². The maximum Gasteiger partial charge on any atom is 0.269 e. The number of carbonyl (C=O) groups excluding carboxylic acids is 3. The Bertz CT molecular complexity index is 1470. The van der Waals surface area contributed by atoms with Gasteiger partial charge in [-0.25, -0.2) is 12.7 Å². The van der Waals surface area contributed by atoms with Gasteiger partial charge >= 0.3 is 0 Å². The predicted octanol–water partition coefficient (Wildman–Crippen LogP) is 4.09. The van der Waals surface area contributed by atoms with Crippen molar-refractivity contribution in [3.05, 3.63) is 101 Å². The minimum Gasteiger partial charge on any atom is -0.354 e. The third-order valence-corrected chi connectivity index (χ3v) is 8.82. The number of aryl methyl sites for hydroxylation is 1. The molecule has 3 aromatic rings. The molecule has 0 radical (unpaired) electrons. The van der Waals surface area contributed by atoms with Crippen LogP contribution in [-0.4, -0.2) is 54.5 Å². The van der Waals surface area contributed by atoms with Crippen LogP contribution in [0.1, 0.15) is 53.2 Å². The molecule has 0 bridgehead atoms. The van der Waals surface area contributed by atoms with E-state index in [9.17, 15) is 22.8 Å². The van der Waals surface area contributed by atoms with Gasteiger partial charge in [-0.05, 0) is 36.6 Å². The zero-order valence-electron chi connectivity index (χ0n) is 22.9. The normalized spacial score (nSPS) is 14.4. The van der Waals surface area contributed by atoms with Crippen molar-refractivity contribution in [2.45, 2.75) is 57.0 Å². The molecular weight excluding hydrogens is 526 g/mol. The van der Waals surface area contributed by atoms with Crippen molar-refractivity contribution in [1.82, 2.24) is 14.5 Å². The first-order chi connectivity index (χ1) is 19.2. The minimum atomic E-state index is -4.05. The van der Waals surface area contributed by atoms with E-state index in [2.05, 4.69) is 5.32 Å². The van der Waals surface area contributed by atoms with E-state index in [1.54, 1.807) is 12.1 Å². The van der Waals surface area contributed by atoms with Gasteiger partial charge in [0.2, 0.25) is 11.8 Å². The summed E-state index contributed by atoms with van der Waals surface area (Å²) in [4.78, 5) is 41.8. The number of carbonyl (C=O) groups is 3. The first-order valence-corrected chi connectivity index (χ1v) is 15.0. The van der Waals surface area contributed by atoms with Crippen molar-refractivity contribution in [2.75, 3.05) is 13.1 Å². The van der Waals surface area contributed by atoms with Crippen LogP contribution < -0.4 is 5.32 Å². The Hall–Kier alpha value is -3.98. The average molecular weight is 562 g/mol. The van der Waals surface area contributed by atoms with E-state index in [4.69, 9.17) is 0 Å². The van der Waals surface area contributed by atoms with Crippen LogP contribution in [0.5, 0.6) is 0 Å². The molecule has 4 rings (SSSR count). The molecule has 0 unspecified atom stereocenters. The van der Waals surface area contributed by atoms with Gasteiger partial charge in [-0.3, -0.25) is 14.4 Å². The smallest absolute Gasteiger partial charge is 0.269 e. The molecule has 0 saturated heterocycles. The lowest BCUT2D eigenvalue weighted by molar-refractivity contribution is -0.141. The molecule has 1 atom stereocenters. The van der Waals surface area contributed by atoms with Crippen LogP contribution in [0, 0.1) is 6.92 Å². The standard InChI is InChI=1S/C31H35N3O5S/c1-3-4-18-32-30(36)27(21-24-12-6-5-7-13-24)33(22-25-14-10-11-23(2)20-25)29(35)17-19-34-31(37)26-15-8-9-16-28(26)40(34,38)39/h5-16,20,27H,3-4,17-19,21-22H2,1-2H3,(H,32,36)/t27-/m0/s1. The van der Waals surface area contributed by atoms with Crippen molar-refractivity contribution in [3.8, 4) is 0 Å². The first kappa shape index (κ1) is 29.0. The van der Waals surface area contributed by atoms with E-state index in [1.165, 1.54) is 17.0 Å². The number of fused-ring (bicyclic) bond motifs is 1. The Balaban J connectivity index is 1.62. The third kappa shape index (κ3) is 6.59. The zero-order valence-corrected chi connectivity index (χ0v) is 23.7. The number of rotatable bonds is 12. The van der Waals surface area contributed by atoms with Crippen LogP contribution in [-0.2, 0) is 32.6 Å². The molecule has 1 heterocycles. The van der Waals surface area contributed by atoms with Gasteiger partial charge < -0.3 is 10.2 Å². The second-order valence-electron chi connectivity index (χ2n) is 9.99. The largest absolute Gasteiger partial charge is 0.354 e. The molecule has 210 valence electrons. The Morgan fingerprint density at radius 2 is 1.65 bits per heavy atom. The molecule has 1 aliphatic rings. The molecule has 0 aliphatic carbocycles. The monoisotopic (exact) mass is 561 g/mol. The van der Waals surface area contributed by atoms with Crippen molar-refractivity contribution in [3.63, 3.8) is 0 Å². The Morgan fingerprint density at radius 3 is 2.35 bits per heavy atom. The SMILES string of the molecule is CCCCNC(=O)[C@H](Cc1ccccc1)N(Cc1cccc(C)c1)C(=O)CCN1C(=O)c2ccccc2S1(=O)=O. The fourth-order valence-electron chi connectivity index (χ4n) is 4.86. The Kier molecular flexibility index (Phi) is 9.37. The van der Waals surface area contributed by atoms with Crippen LogP contribution in [0.3, 0.4) is 0 Å². The highest BCUT2D eigenvalue weighted by atomic mass is 32.2. The van der Waals surface area contributed by atoms with Gasteiger partial charge in [0, 0.05) is 32.5 Å². The van der Waals surface area contributed by atoms with Crippen molar-refractivity contribution < 1.29 is 22.8 Å². The van der Waals surface area contributed by atoms with Gasteiger partial charge in [0.1, 0.15) is 10.9 Å². The summed E-state index contributed by atoms with van der Waals surface area (Å²) < 4.78 is 26.9. The molecule has 0 fully saturated rings. The number of nitrogens with zero attached hydrogens (tertiary/aromatic N) is 2. The van der Waals surface area contributed by atoms with E-state index >= 15 is 0 Å². The van der Waals surface area contributed by atoms with E-state index in [1.807, 2.05) is 68.4 Å². The molecular formula is C31H35N3O5S. The second kappa shape index (κ2) is 12.9. The van der Waals surface area contributed by atoms with E-state index in [0.717, 1.165) is 33.8 Å². The summed E-state index contributed by atoms with van der Waals surface area (Å²) in [6, 6.07) is 22.4. The molecule has 0 saturated carbocycles. The molecule has 3 amide bonds. The van der Waals surface area contributed by atoms with E-state index in [0.29, 0.717) is 13.0 Å². The number of amides is 3. The Morgan fingerprint density at radius 1 is 0.950 bits per heavy atom. The fraction of sp³-hybridized carbons (Fsp3) is 0.323.